The van der Waals surface area contributed by atoms with Crippen molar-refractivity contribution in [3.8, 4) is 0 Å². The fourth-order valence-electron chi connectivity index (χ4n) is 3.98. The van der Waals surface area contributed by atoms with Crippen LogP contribution < -0.4 is 10.6 Å². The van der Waals surface area contributed by atoms with Crippen molar-refractivity contribution >= 4 is 35.2 Å². The van der Waals surface area contributed by atoms with Crippen molar-refractivity contribution in [1.82, 2.24) is 10.2 Å². The lowest BCUT2D eigenvalue weighted by Gasteiger charge is -2.35. The molecule has 206 valence electrons. The molecular weight excluding hydrogens is 502 g/mol. The minimum atomic E-state index is -1.01. The molecular formula is C30H40ClN3O4. The molecule has 0 spiro atoms. The normalized spacial score (nSPS) is 12.9. The van der Waals surface area contributed by atoms with E-state index in [0.717, 1.165) is 17.5 Å². The zero-order valence-electron chi connectivity index (χ0n) is 23.4. The molecule has 0 radical (unpaired) electrons. The Kier molecular flexibility index (Phi) is 11.0. The van der Waals surface area contributed by atoms with Crippen molar-refractivity contribution in [2.24, 2.45) is 5.92 Å². The first-order valence-corrected chi connectivity index (χ1v) is 13.2. The van der Waals surface area contributed by atoms with Crippen LogP contribution in [0.5, 0.6) is 0 Å². The summed E-state index contributed by atoms with van der Waals surface area (Å²) in [5, 5.41) is 6.03. The molecule has 0 bridgehead atoms. The van der Waals surface area contributed by atoms with Crippen LogP contribution in [0.15, 0.2) is 55.1 Å². The number of carbonyl (C=O) groups is 3. The number of nitrogens with one attached hydrogen (secondary N) is 2. The highest BCUT2D eigenvalue weighted by Gasteiger charge is 2.37. The van der Waals surface area contributed by atoms with E-state index in [-0.39, 0.29) is 12.5 Å². The highest BCUT2D eigenvalue weighted by Crippen LogP contribution is 2.30. The Morgan fingerprint density at radius 3 is 2.24 bits per heavy atom. The van der Waals surface area contributed by atoms with E-state index in [1.165, 1.54) is 4.90 Å². The number of halogens is 1. The van der Waals surface area contributed by atoms with E-state index < -0.39 is 35.6 Å². The Morgan fingerprint density at radius 1 is 1.11 bits per heavy atom. The van der Waals surface area contributed by atoms with Gasteiger partial charge in [0.1, 0.15) is 17.7 Å². The first-order valence-electron chi connectivity index (χ1n) is 12.8. The third-order valence-electron chi connectivity index (χ3n) is 5.95. The SMILES string of the molecule is C=CCN(C(=O)C(NC(=O)OC(C)(C)C)C(C)C)C(C(=O)Nc1c(C)cccc1Cl)c1ccc(CC)cc1. The van der Waals surface area contributed by atoms with Gasteiger partial charge in [0.15, 0.2) is 0 Å². The van der Waals surface area contributed by atoms with Crippen LogP contribution in [0, 0.1) is 12.8 Å². The van der Waals surface area contributed by atoms with Crippen LogP contribution in [0.3, 0.4) is 0 Å². The molecule has 38 heavy (non-hydrogen) atoms. The standard InChI is InChI=1S/C30H40ClN3O4/c1-9-18-34(28(36)24(19(3)4)33-29(37)38-30(6,7)8)26(22-16-14-21(10-2)15-17-22)27(35)32-25-20(5)12-11-13-23(25)31/h9,11-17,19,24,26H,1,10,18H2,2-8H3,(H,32,35)(H,33,37). The van der Waals surface area contributed by atoms with Crippen molar-refractivity contribution in [1.29, 1.82) is 0 Å². The van der Waals surface area contributed by atoms with Crippen LogP contribution in [0.4, 0.5) is 10.5 Å². The number of hydrogen-bond donors (Lipinski definition) is 2. The smallest absolute Gasteiger partial charge is 0.408 e. The number of anilines is 1. The Hall–Kier alpha value is -3.32. The second-order valence-electron chi connectivity index (χ2n) is 10.6. The van der Waals surface area contributed by atoms with Gasteiger partial charge in [0, 0.05) is 6.54 Å². The van der Waals surface area contributed by atoms with Gasteiger partial charge in [0.25, 0.3) is 5.91 Å². The van der Waals surface area contributed by atoms with E-state index in [1.807, 2.05) is 58.0 Å². The lowest BCUT2D eigenvalue weighted by atomic mass is 9.97. The Morgan fingerprint density at radius 2 is 1.74 bits per heavy atom. The molecule has 7 nitrogen and oxygen atoms in total. The molecule has 2 aromatic carbocycles. The van der Waals surface area contributed by atoms with Gasteiger partial charge >= 0.3 is 6.09 Å². The molecule has 0 saturated carbocycles. The van der Waals surface area contributed by atoms with Crippen LogP contribution in [0.2, 0.25) is 5.02 Å². The number of rotatable bonds is 10. The Labute approximate surface area is 231 Å². The summed E-state index contributed by atoms with van der Waals surface area (Å²) in [6.45, 7) is 16.7. The summed E-state index contributed by atoms with van der Waals surface area (Å²) in [4.78, 5) is 41.9. The van der Waals surface area contributed by atoms with Gasteiger partial charge in [0.2, 0.25) is 5.91 Å². The quantitative estimate of drug-likeness (QED) is 0.338. The van der Waals surface area contributed by atoms with Gasteiger partial charge in [-0.05, 0) is 62.8 Å². The minimum absolute atomic E-state index is 0.0766. The summed E-state index contributed by atoms with van der Waals surface area (Å²) < 4.78 is 5.40. The lowest BCUT2D eigenvalue weighted by Crippen LogP contribution is -2.54. The molecule has 0 aromatic heterocycles. The van der Waals surface area contributed by atoms with Gasteiger partial charge < -0.3 is 20.3 Å². The van der Waals surface area contributed by atoms with Crippen molar-refractivity contribution < 1.29 is 19.1 Å². The summed E-state index contributed by atoms with van der Waals surface area (Å²) in [5.41, 5.74) is 2.26. The van der Waals surface area contributed by atoms with Gasteiger partial charge in [-0.15, -0.1) is 6.58 Å². The average Bonchev–Trinajstić information content (AvgIpc) is 2.83. The van der Waals surface area contributed by atoms with Crippen molar-refractivity contribution in [2.45, 2.75) is 72.6 Å². The number of ether oxygens (including phenoxy) is 1. The second-order valence-corrected chi connectivity index (χ2v) is 11.0. The Bertz CT molecular complexity index is 1120. The molecule has 0 aliphatic rings. The maximum absolute atomic E-state index is 14.0. The maximum Gasteiger partial charge on any atom is 0.408 e. The minimum Gasteiger partial charge on any atom is -0.444 e. The molecule has 3 amide bonds. The van der Waals surface area contributed by atoms with Crippen molar-refractivity contribution in [3.05, 3.63) is 76.8 Å². The molecule has 0 saturated heterocycles. The number of carbonyl (C=O) groups excluding carboxylic acids is 3. The van der Waals surface area contributed by atoms with E-state index in [2.05, 4.69) is 17.2 Å². The zero-order chi connectivity index (χ0) is 28.6. The number of nitrogens with zero attached hydrogens (tertiary/aromatic N) is 1. The van der Waals surface area contributed by atoms with Gasteiger partial charge in [-0.3, -0.25) is 9.59 Å². The highest BCUT2D eigenvalue weighted by molar-refractivity contribution is 6.34. The number of aryl methyl sites for hydroxylation is 2. The van der Waals surface area contributed by atoms with Crippen LogP contribution in [0.25, 0.3) is 0 Å². The second kappa shape index (κ2) is 13.5. The number of alkyl carbamates (subject to hydrolysis) is 1. The largest absolute Gasteiger partial charge is 0.444 e. The molecule has 2 aromatic rings. The molecule has 8 heteroatoms. The molecule has 0 heterocycles. The van der Waals surface area contributed by atoms with Gasteiger partial charge in [-0.1, -0.05) is 74.8 Å². The summed E-state index contributed by atoms with van der Waals surface area (Å²) in [6, 6.07) is 11.0. The predicted octanol–water partition coefficient (Wildman–Crippen LogP) is 6.45. The van der Waals surface area contributed by atoms with Gasteiger partial charge in [0.05, 0.1) is 10.7 Å². The highest BCUT2D eigenvalue weighted by atomic mass is 35.5. The zero-order valence-corrected chi connectivity index (χ0v) is 24.2. The van der Waals surface area contributed by atoms with Gasteiger partial charge in [-0.25, -0.2) is 4.79 Å². The lowest BCUT2D eigenvalue weighted by molar-refractivity contribution is -0.141. The van der Waals surface area contributed by atoms with Crippen LogP contribution in [-0.2, 0) is 20.7 Å². The van der Waals surface area contributed by atoms with Crippen LogP contribution >= 0.6 is 11.6 Å². The van der Waals surface area contributed by atoms with E-state index >= 15 is 0 Å². The summed E-state index contributed by atoms with van der Waals surface area (Å²) in [6.07, 6.45) is 1.69. The Balaban J connectivity index is 2.54. The first-order chi connectivity index (χ1) is 17.8. The van der Waals surface area contributed by atoms with E-state index in [0.29, 0.717) is 16.3 Å². The van der Waals surface area contributed by atoms with E-state index in [4.69, 9.17) is 16.3 Å². The molecule has 0 aliphatic heterocycles. The average molecular weight is 542 g/mol. The van der Waals surface area contributed by atoms with Crippen molar-refractivity contribution in [2.75, 3.05) is 11.9 Å². The molecule has 0 aliphatic carbocycles. The van der Waals surface area contributed by atoms with Crippen LogP contribution in [-0.4, -0.2) is 41.0 Å². The fourth-order valence-corrected chi connectivity index (χ4v) is 4.25. The van der Waals surface area contributed by atoms with Crippen molar-refractivity contribution in [3.63, 3.8) is 0 Å². The third kappa shape index (κ3) is 8.35. The third-order valence-corrected chi connectivity index (χ3v) is 6.26. The summed E-state index contributed by atoms with van der Waals surface area (Å²) in [5.74, 6) is -1.14. The van der Waals surface area contributed by atoms with Crippen LogP contribution in [0.1, 0.15) is 64.3 Å². The number of para-hydroxylation sites is 1. The molecule has 0 fully saturated rings. The summed E-state index contributed by atoms with van der Waals surface area (Å²) in [7, 11) is 0. The topological polar surface area (TPSA) is 87.7 Å². The number of hydrogen-bond acceptors (Lipinski definition) is 4. The molecule has 2 atom stereocenters. The summed E-state index contributed by atoms with van der Waals surface area (Å²) >= 11 is 6.40. The fraction of sp³-hybridized carbons (Fsp3) is 0.433. The number of amides is 3. The molecule has 2 unspecified atom stereocenters. The number of benzene rings is 2. The van der Waals surface area contributed by atoms with Gasteiger partial charge in [-0.2, -0.15) is 0 Å². The maximum atomic E-state index is 14.0. The predicted molar refractivity (Wildman–Crippen MR) is 153 cm³/mol. The van der Waals surface area contributed by atoms with E-state index in [9.17, 15) is 14.4 Å². The van der Waals surface area contributed by atoms with E-state index in [1.54, 1.807) is 39.0 Å². The first kappa shape index (κ1) is 30.9. The monoisotopic (exact) mass is 541 g/mol. The molecule has 2 N–H and O–H groups in total. The molecule has 2 rings (SSSR count).